The number of piperidine rings is 1. The number of carbonyl (C=O) groups excluding carboxylic acids is 1. The maximum absolute atomic E-state index is 12.9. The molecule has 1 heterocycles. The molecule has 1 aliphatic heterocycles. The molecule has 1 saturated heterocycles. The molecule has 0 radical (unpaired) electrons. The number of benzene rings is 3. The Hall–Kier alpha value is -2.66. The van der Waals surface area contributed by atoms with Gasteiger partial charge in [0.05, 0.1) is 19.3 Å². The van der Waals surface area contributed by atoms with Gasteiger partial charge in [0.25, 0.3) is 0 Å². The zero-order valence-electron chi connectivity index (χ0n) is 23.2. The number of hydrogen-bond acceptors (Lipinski definition) is 4. The van der Waals surface area contributed by atoms with E-state index in [0.29, 0.717) is 35.3 Å². The van der Waals surface area contributed by atoms with Gasteiger partial charge in [0.1, 0.15) is 5.75 Å². The first-order chi connectivity index (χ1) is 19.1. The van der Waals surface area contributed by atoms with Crippen LogP contribution in [0.15, 0.2) is 78.9 Å². The van der Waals surface area contributed by atoms with Crippen LogP contribution in [-0.4, -0.2) is 43.0 Å². The number of nitrogens with zero attached hydrogens (tertiary/aromatic N) is 1. The van der Waals surface area contributed by atoms with Gasteiger partial charge in [-0.05, 0) is 80.2 Å². The highest BCUT2D eigenvalue weighted by Gasteiger charge is 2.23. The van der Waals surface area contributed by atoms with Crippen molar-refractivity contribution in [3.63, 3.8) is 0 Å². The summed E-state index contributed by atoms with van der Waals surface area (Å²) in [6.45, 7) is 6.77. The predicted molar refractivity (Wildman–Crippen MR) is 160 cm³/mol. The summed E-state index contributed by atoms with van der Waals surface area (Å²) in [4.78, 5) is 15.4. The number of hydrogen-bond donors (Lipinski definition) is 0. The molecule has 0 aromatic heterocycles. The molecular formula is C34H42ClNO3. The molecule has 1 fully saturated rings. The lowest BCUT2D eigenvalue weighted by atomic mass is 9.97. The lowest BCUT2D eigenvalue weighted by Crippen LogP contribution is -2.40. The molecule has 208 valence electrons. The summed E-state index contributed by atoms with van der Waals surface area (Å²) < 4.78 is 12.6. The number of halogens is 1. The zero-order valence-corrected chi connectivity index (χ0v) is 24.0. The quantitative estimate of drug-likeness (QED) is 0.142. The molecule has 0 N–H and O–H groups in total. The molecule has 0 bridgehead atoms. The van der Waals surface area contributed by atoms with Crippen molar-refractivity contribution in [3.05, 3.63) is 101 Å². The van der Waals surface area contributed by atoms with Gasteiger partial charge in [-0.25, -0.2) is 0 Å². The van der Waals surface area contributed by atoms with E-state index in [1.165, 1.54) is 31.2 Å². The molecule has 0 amide bonds. The Kier molecular flexibility index (Phi) is 11.9. The van der Waals surface area contributed by atoms with E-state index in [0.717, 1.165) is 44.6 Å². The molecule has 39 heavy (non-hydrogen) atoms. The first-order valence-corrected chi connectivity index (χ1v) is 14.9. The largest absolute Gasteiger partial charge is 0.493 e. The average molecular weight is 548 g/mol. The normalized spacial score (nSPS) is 15.2. The van der Waals surface area contributed by atoms with E-state index in [1.807, 2.05) is 24.3 Å². The van der Waals surface area contributed by atoms with Crippen LogP contribution in [0.1, 0.15) is 73.4 Å². The van der Waals surface area contributed by atoms with E-state index in [2.05, 4.69) is 42.2 Å². The fourth-order valence-corrected chi connectivity index (χ4v) is 5.27. The van der Waals surface area contributed by atoms with Gasteiger partial charge in [0, 0.05) is 22.7 Å². The molecule has 3 aromatic carbocycles. The average Bonchev–Trinajstić information content (AvgIpc) is 2.98. The highest BCUT2D eigenvalue weighted by Crippen LogP contribution is 2.23. The molecule has 4 rings (SSSR count). The van der Waals surface area contributed by atoms with Crippen LogP contribution in [-0.2, 0) is 11.3 Å². The summed E-state index contributed by atoms with van der Waals surface area (Å²) in [5.74, 6) is 1.24. The number of carbonyl (C=O) groups is 1. The van der Waals surface area contributed by atoms with Gasteiger partial charge in [-0.3, -0.25) is 4.79 Å². The molecule has 0 unspecified atom stereocenters. The Bertz CT molecular complexity index is 1130. The van der Waals surface area contributed by atoms with Crippen LogP contribution in [0.5, 0.6) is 5.75 Å². The van der Waals surface area contributed by atoms with Crippen molar-refractivity contribution in [1.29, 1.82) is 0 Å². The molecule has 0 aliphatic carbocycles. The Morgan fingerprint density at radius 3 is 2.44 bits per heavy atom. The van der Waals surface area contributed by atoms with E-state index in [1.54, 1.807) is 24.3 Å². The molecule has 5 heteroatoms. The monoisotopic (exact) mass is 547 g/mol. The smallest absolute Gasteiger partial charge is 0.193 e. The first kappa shape index (κ1) is 29.3. The van der Waals surface area contributed by atoms with Crippen molar-refractivity contribution in [2.45, 2.75) is 64.6 Å². The lowest BCUT2D eigenvalue weighted by molar-refractivity contribution is 0.000482. The minimum Gasteiger partial charge on any atom is -0.493 e. The topological polar surface area (TPSA) is 38.8 Å². The van der Waals surface area contributed by atoms with E-state index in [4.69, 9.17) is 21.1 Å². The zero-order chi connectivity index (χ0) is 27.3. The Labute approximate surface area is 239 Å². The molecule has 1 atom stereocenters. The Morgan fingerprint density at radius 1 is 0.923 bits per heavy atom. The third-order valence-corrected chi connectivity index (χ3v) is 7.82. The number of likely N-dealkylation sites (tertiary alicyclic amines) is 1. The summed E-state index contributed by atoms with van der Waals surface area (Å²) in [6.07, 6.45) is 8.71. The summed E-state index contributed by atoms with van der Waals surface area (Å²) in [7, 11) is 0. The minimum atomic E-state index is -0.0239. The van der Waals surface area contributed by atoms with Crippen LogP contribution in [0, 0.1) is 5.92 Å². The SMILES string of the molecule is CCCCCC[C@H](CN1CCC(COc2cccc(C(=O)c3ccc(Cl)cc3)c2)CC1)OCc1ccccc1. The minimum absolute atomic E-state index is 0.0239. The van der Waals surface area contributed by atoms with Crippen molar-refractivity contribution in [2.75, 3.05) is 26.2 Å². The fourth-order valence-electron chi connectivity index (χ4n) is 5.15. The highest BCUT2D eigenvalue weighted by atomic mass is 35.5. The third kappa shape index (κ3) is 9.79. The first-order valence-electron chi connectivity index (χ1n) is 14.5. The van der Waals surface area contributed by atoms with Gasteiger partial charge < -0.3 is 14.4 Å². The molecule has 4 nitrogen and oxygen atoms in total. The van der Waals surface area contributed by atoms with Gasteiger partial charge in [0.15, 0.2) is 5.78 Å². The van der Waals surface area contributed by atoms with Gasteiger partial charge in [-0.2, -0.15) is 0 Å². The molecule has 1 aliphatic rings. The van der Waals surface area contributed by atoms with Crippen LogP contribution in [0.2, 0.25) is 5.02 Å². The maximum Gasteiger partial charge on any atom is 0.193 e. The molecular weight excluding hydrogens is 506 g/mol. The second-order valence-electron chi connectivity index (χ2n) is 10.7. The van der Waals surface area contributed by atoms with Crippen molar-refractivity contribution in [1.82, 2.24) is 4.90 Å². The Balaban J connectivity index is 1.22. The third-order valence-electron chi connectivity index (χ3n) is 7.57. The number of ether oxygens (including phenoxy) is 2. The predicted octanol–water partition coefficient (Wildman–Crippen LogP) is 8.22. The summed E-state index contributed by atoms with van der Waals surface area (Å²) >= 11 is 5.96. The summed E-state index contributed by atoms with van der Waals surface area (Å²) in [5, 5.41) is 0.622. The van der Waals surface area contributed by atoms with Crippen LogP contribution in [0.25, 0.3) is 0 Å². The van der Waals surface area contributed by atoms with E-state index >= 15 is 0 Å². The molecule has 0 spiro atoms. The van der Waals surface area contributed by atoms with Crippen molar-refractivity contribution in [3.8, 4) is 5.75 Å². The van der Waals surface area contributed by atoms with Crippen molar-refractivity contribution < 1.29 is 14.3 Å². The van der Waals surface area contributed by atoms with Crippen LogP contribution in [0.3, 0.4) is 0 Å². The van der Waals surface area contributed by atoms with Crippen LogP contribution in [0.4, 0.5) is 0 Å². The van der Waals surface area contributed by atoms with E-state index in [9.17, 15) is 4.79 Å². The molecule has 0 saturated carbocycles. The van der Waals surface area contributed by atoms with Gasteiger partial charge >= 0.3 is 0 Å². The molecule has 3 aromatic rings. The van der Waals surface area contributed by atoms with E-state index < -0.39 is 0 Å². The van der Waals surface area contributed by atoms with Gasteiger partial charge in [-0.15, -0.1) is 0 Å². The van der Waals surface area contributed by atoms with Crippen LogP contribution >= 0.6 is 11.6 Å². The second kappa shape index (κ2) is 15.8. The standard InChI is InChI=1S/C34H42ClNO3/c1-2-3-4-8-13-33(39-25-27-10-6-5-7-11-27)24-36-21-19-28(20-22-36)26-38-32-14-9-12-30(23-32)34(37)29-15-17-31(35)18-16-29/h5-7,9-12,14-18,23,28,33H,2-4,8,13,19-22,24-26H2,1H3/t33-/m1/s1. The number of rotatable bonds is 15. The van der Waals surface area contributed by atoms with Gasteiger partial charge in [-0.1, -0.05) is 86.7 Å². The van der Waals surface area contributed by atoms with Gasteiger partial charge in [0.2, 0.25) is 0 Å². The summed E-state index contributed by atoms with van der Waals surface area (Å²) in [5.41, 5.74) is 2.50. The maximum atomic E-state index is 12.9. The van der Waals surface area contributed by atoms with E-state index in [-0.39, 0.29) is 11.9 Å². The highest BCUT2D eigenvalue weighted by molar-refractivity contribution is 6.30. The number of ketones is 1. The number of unbranched alkanes of at least 4 members (excludes halogenated alkanes) is 3. The van der Waals surface area contributed by atoms with Crippen molar-refractivity contribution >= 4 is 17.4 Å². The Morgan fingerprint density at radius 2 is 1.69 bits per heavy atom. The lowest BCUT2D eigenvalue weighted by Gasteiger charge is -2.34. The second-order valence-corrected chi connectivity index (χ2v) is 11.1. The van der Waals surface area contributed by atoms with Crippen molar-refractivity contribution in [2.24, 2.45) is 5.92 Å². The summed E-state index contributed by atoms with van der Waals surface area (Å²) in [6, 6.07) is 25.0. The van der Waals surface area contributed by atoms with Crippen LogP contribution < -0.4 is 4.74 Å². The fraction of sp³-hybridized carbons (Fsp3) is 0.441.